The number of nitrogens with one attached hydrogen (secondary N) is 1. The second-order valence-electron chi connectivity index (χ2n) is 4.97. The van der Waals surface area contributed by atoms with Gasteiger partial charge >= 0.3 is 16.2 Å². The molecular formula is C12H18N2O5S. The Labute approximate surface area is 118 Å². The summed E-state index contributed by atoms with van der Waals surface area (Å²) in [6.07, 6.45) is 1.94. The van der Waals surface area contributed by atoms with Crippen molar-refractivity contribution in [2.24, 2.45) is 0 Å². The normalized spacial score (nSPS) is 11.8. The zero-order chi connectivity index (χ0) is 15.4. The van der Waals surface area contributed by atoms with Crippen LogP contribution < -0.4 is 9.50 Å². The van der Waals surface area contributed by atoms with E-state index in [4.69, 9.17) is 8.92 Å². The van der Waals surface area contributed by atoms with Crippen LogP contribution in [0.15, 0.2) is 18.5 Å². The number of hydrogen-bond acceptors (Lipinski definition) is 6. The van der Waals surface area contributed by atoms with Gasteiger partial charge in [0.2, 0.25) is 0 Å². The molecule has 0 radical (unpaired) electrons. The molecule has 1 rings (SSSR count). The first-order chi connectivity index (χ1) is 9.11. The Morgan fingerprint density at radius 3 is 2.55 bits per heavy atom. The molecule has 1 heterocycles. The molecule has 0 aliphatic heterocycles. The highest BCUT2D eigenvalue weighted by Gasteiger charge is 2.17. The van der Waals surface area contributed by atoms with Crippen LogP contribution in [-0.4, -0.2) is 30.8 Å². The number of anilines is 1. The summed E-state index contributed by atoms with van der Waals surface area (Å²) in [4.78, 5) is 15.4. The van der Waals surface area contributed by atoms with Crippen LogP contribution in [0.5, 0.6) is 5.75 Å². The molecule has 20 heavy (non-hydrogen) atoms. The molecule has 0 spiro atoms. The second kappa shape index (κ2) is 6.08. The average molecular weight is 302 g/mol. The highest BCUT2D eigenvalue weighted by atomic mass is 32.2. The van der Waals surface area contributed by atoms with Gasteiger partial charge in [-0.25, -0.2) is 4.79 Å². The summed E-state index contributed by atoms with van der Waals surface area (Å²) >= 11 is 0. The first kappa shape index (κ1) is 16.2. The molecule has 0 bridgehead atoms. The monoisotopic (exact) mass is 302 g/mol. The van der Waals surface area contributed by atoms with Gasteiger partial charge in [-0.2, -0.15) is 8.42 Å². The molecule has 0 fully saturated rings. The van der Waals surface area contributed by atoms with Crippen molar-refractivity contribution in [2.45, 2.75) is 33.3 Å². The van der Waals surface area contributed by atoms with Gasteiger partial charge in [0.1, 0.15) is 5.60 Å². The fourth-order valence-corrected chi connectivity index (χ4v) is 1.66. The minimum atomic E-state index is -3.63. The molecule has 0 unspecified atom stereocenters. The Morgan fingerprint density at radius 2 is 2.00 bits per heavy atom. The van der Waals surface area contributed by atoms with Crippen molar-refractivity contribution in [1.29, 1.82) is 0 Å². The second-order valence-corrected chi connectivity index (χ2v) is 6.83. The summed E-state index contributed by atoms with van der Waals surface area (Å²) in [5, 5.41) is 2.44. The summed E-state index contributed by atoms with van der Waals surface area (Å²) in [6.45, 7) is 6.67. The average Bonchev–Trinajstić information content (AvgIpc) is 2.26. The van der Waals surface area contributed by atoms with Crippen LogP contribution in [0.2, 0.25) is 0 Å². The molecule has 0 saturated heterocycles. The summed E-state index contributed by atoms with van der Waals surface area (Å²) in [7, 11) is -3.63. The van der Waals surface area contributed by atoms with Crippen LogP contribution >= 0.6 is 0 Å². The van der Waals surface area contributed by atoms with E-state index in [0.29, 0.717) is 0 Å². The fourth-order valence-electron chi connectivity index (χ4n) is 1.16. The maximum Gasteiger partial charge on any atom is 0.412 e. The predicted molar refractivity (Wildman–Crippen MR) is 74.2 cm³/mol. The molecule has 1 aromatic rings. The van der Waals surface area contributed by atoms with Crippen LogP contribution in [0.3, 0.4) is 0 Å². The van der Waals surface area contributed by atoms with E-state index in [0.717, 1.165) is 0 Å². The van der Waals surface area contributed by atoms with Crippen molar-refractivity contribution in [3.05, 3.63) is 18.5 Å². The number of ether oxygens (including phenoxy) is 1. The van der Waals surface area contributed by atoms with Gasteiger partial charge in [0.15, 0.2) is 5.75 Å². The van der Waals surface area contributed by atoms with Crippen LogP contribution in [-0.2, 0) is 14.9 Å². The van der Waals surface area contributed by atoms with Crippen LogP contribution in [0.1, 0.15) is 27.7 Å². The minimum Gasteiger partial charge on any atom is -0.444 e. The van der Waals surface area contributed by atoms with Crippen molar-refractivity contribution in [2.75, 3.05) is 11.1 Å². The van der Waals surface area contributed by atoms with E-state index in [1.165, 1.54) is 25.4 Å². The summed E-state index contributed by atoms with van der Waals surface area (Å²) < 4.78 is 32.5. The van der Waals surface area contributed by atoms with Crippen LogP contribution in [0.4, 0.5) is 10.5 Å². The smallest absolute Gasteiger partial charge is 0.412 e. The summed E-state index contributed by atoms with van der Waals surface area (Å²) in [5.74, 6) is -0.128. The minimum absolute atomic E-state index is 0.0282. The van der Waals surface area contributed by atoms with Crippen molar-refractivity contribution in [3.63, 3.8) is 0 Å². The fraction of sp³-hybridized carbons (Fsp3) is 0.500. The van der Waals surface area contributed by atoms with Gasteiger partial charge in [0, 0.05) is 6.07 Å². The van der Waals surface area contributed by atoms with Crippen molar-refractivity contribution in [1.82, 2.24) is 4.98 Å². The zero-order valence-electron chi connectivity index (χ0n) is 11.8. The topological polar surface area (TPSA) is 94.6 Å². The molecule has 0 aromatic carbocycles. The molecule has 1 N–H and O–H groups in total. The molecule has 8 heteroatoms. The van der Waals surface area contributed by atoms with Gasteiger partial charge in [0.25, 0.3) is 0 Å². The van der Waals surface area contributed by atoms with E-state index in [1.54, 1.807) is 20.8 Å². The molecule has 0 atom stereocenters. The number of hydrogen-bond donors (Lipinski definition) is 1. The third kappa shape index (κ3) is 5.87. The number of carbonyl (C=O) groups excluding carboxylic acids is 1. The molecule has 1 amide bonds. The Balaban J connectivity index is 2.76. The molecule has 1 aromatic heterocycles. The number of carbonyl (C=O) groups is 1. The maximum absolute atomic E-state index is 11.6. The van der Waals surface area contributed by atoms with Gasteiger partial charge in [-0.3, -0.25) is 10.3 Å². The lowest BCUT2D eigenvalue weighted by Crippen LogP contribution is -2.27. The summed E-state index contributed by atoms with van der Waals surface area (Å²) in [6, 6.07) is 1.35. The van der Waals surface area contributed by atoms with Gasteiger partial charge < -0.3 is 8.92 Å². The lowest BCUT2D eigenvalue weighted by atomic mass is 10.2. The third-order valence-corrected chi connectivity index (χ3v) is 3.09. The highest BCUT2D eigenvalue weighted by Crippen LogP contribution is 2.18. The van der Waals surface area contributed by atoms with Crippen molar-refractivity contribution >= 4 is 21.9 Å². The lowest BCUT2D eigenvalue weighted by Gasteiger charge is -2.19. The molecule has 0 aliphatic rings. The molecule has 0 aliphatic carbocycles. The van der Waals surface area contributed by atoms with Gasteiger partial charge in [-0.1, -0.05) is 0 Å². The van der Waals surface area contributed by atoms with E-state index >= 15 is 0 Å². The standard InChI is InChI=1S/C12H18N2O5S/c1-5-20(16,17)19-10-6-9(7-13-8-10)14-11(15)18-12(2,3)4/h6-8H,5H2,1-4H3,(H,14,15). The number of pyridine rings is 1. The molecule has 112 valence electrons. The van der Waals surface area contributed by atoms with Crippen LogP contribution in [0, 0.1) is 0 Å². The van der Waals surface area contributed by atoms with Crippen LogP contribution in [0.25, 0.3) is 0 Å². The first-order valence-corrected chi connectivity index (χ1v) is 7.56. The van der Waals surface area contributed by atoms with E-state index in [2.05, 4.69) is 10.3 Å². The first-order valence-electron chi connectivity index (χ1n) is 5.98. The Hall–Kier alpha value is -1.83. The number of amides is 1. The largest absolute Gasteiger partial charge is 0.444 e. The zero-order valence-corrected chi connectivity index (χ0v) is 12.7. The maximum atomic E-state index is 11.6. The molecule has 0 saturated carbocycles. The SMILES string of the molecule is CCS(=O)(=O)Oc1cncc(NC(=O)OC(C)(C)C)c1. The number of aromatic nitrogens is 1. The van der Waals surface area contributed by atoms with E-state index in [-0.39, 0.29) is 17.2 Å². The molecule has 7 nitrogen and oxygen atoms in total. The highest BCUT2D eigenvalue weighted by molar-refractivity contribution is 7.87. The van der Waals surface area contributed by atoms with Crippen molar-refractivity contribution in [3.8, 4) is 5.75 Å². The van der Waals surface area contributed by atoms with E-state index < -0.39 is 21.8 Å². The van der Waals surface area contributed by atoms with E-state index in [9.17, 15) is 13.2 Å². The Morgan fingerprint density at radius 1 is 1.35 bits per heavy atom. The van der Waals surface area contributed by atoms with Gasteiger partial charge in [-0.05, 0) is 27.7 Å². The quantitative estimate of drug-likeness (QED) is 0.856. The lowest BCUT2D eigenvalue weighted by molar-refractivity contribution is 0.0636. The van der Waals surface area contributed by atoms with Gasteiger partial charge in [0.05, 0.1) is 23.8 Å². The molecular weight excluding hydrogens is 284 g/mol. The Bertz CT molecular complexity index is 578. The Kier molecular flexibility index (Phi) is 4.93. The van der Waals surface area contributed by atoms with E-state index in [1.807, 2.05) is 0 Å². The van der Waals surface area contributed by atoms with Crippen molar-refractivity contribution < 1.29 is 22.1 Å². The van der Waals surface area contributed by atoms with Gasteiger partial charge in [-0.15, -0.1) is 0 Å². The summed E-state index contributed by atoms with van der Waals surface area (Å²) in [5.41, 5.74) is -0.347. The predicted octanol–water partition coefficient (Wildman–Crippen LogP) is 2.16. The number of nitrogens with zero attached hydrogens (tertiary/aromatic N) is 1. The number of rotatable bonds is 4. The third-order valence-electron chi connectivity index (χ3n) is 1.94.